The number of nitrogens with one attached hydrogen (secondary N) is 2. The predicted molar refractivity (Wildman–Crippen MR) is 95.7 cm³/mol. The van der Waals surface area contributed by atoms with Gasteiger partial charge in [0.15, 0.2) is 0 Å². The van der Waals surface area contributed by atoms with Gasteiger partial charge in [0.1, 0.15) is 0 Å². The van der Waals surface area contributed by atoms with Gasteiger partial charge in [-0.2, -0.15) is 11.8 Å². The third-order valence-electron chi connectivity index (χ3n) is 3.36. The molecule has 0 aliphatic carbocycles. The minimum atomic E-state index is -0.222. The minimum absolute atomic E-state index is 0.222. The van der Waals surface area contributed by atoms with E-state index >= 15 is 0 Å². The number of carbonyl (C=O) groups is 1. The minimum Gasteiger partial charge on any atom is -0.334 e. The molecule has 2 rings (SSSR count). The molecular weight excluding hydrogens is 316 g/mol. The smallest absolute Gasteiger partial charge is 0.319 e. The number of hydrogen-bond acceptors (Lipinski definition) is 2. The fourth-order valence-corrected chi connectivity index (χ4v) is 2.49. The normalized spacial score (nSPS) is 11.8. The number of halogens is 1. The van der Waals surface area contributed by atoms with Gasteiger partial charge in [0, 0.05) is 22.5 Å². The molecular formula is C17H19ClN2OS. The summed E-state index contributed by atoms with van der Waals surface area (Å²) < 4.78 is 0. The van der Waals surface area contributed by atoms with Crippen LogP contribution in [0.2, 0.25) is 5.02 Å². The zero-order chi connectivity index (χ0) is 15.9. The van der Waals surface area contributed by atoms with Crippen molar-refractivity contribution in [3.63, 3.8) is 0 Å². The first kappa shape index (κ1) is 16.7. The molecule has 3 nitrogen and oxygen atoms in total. The van der Waals surface area contributed by atoms with Gasteiger partial charge < -0.3 is 10.6 Å². The molecule has 0 aliphatic heterocycles. The summed E-state index contributed by atoms with van der Waals surface area (Å²) in [6.45, 7) is 2.62. The number of carbonyl (C=O) groups excluding carboxylic acids is 1. The molecule has 0 heterocycles. The van der Waals surface area contributed by atoms with Crippen LogP contribution in [0.15, 0.2) is 48.5 Å². The molecule has 0 fully saturated rings. The maximum atomic E-state index is 11.9. The molecule has 1 atom stereocenters. The molecule has 1 unspecified atom stereocenters. The monoisotopic (exact) mass is 334 g/mol. The third kappa shape index (κ3) is 4.97. The standard InChI is InChI=1S/C17H19ClN2OS/c1-12(22-2)14-5-9-16(10-6-14)20-17(21)19-11-13-3-7-15(18)8-4-13/h3-10,12H,11H2,1-2H3,(H2,19,20,21). The molecule has 0 bridgehead atoms. The lowest BCUT2D eigenvalue weighted by Crippen LogP contribution is -2.28. The first-order valence-electron chi connectivity index (χ1n) is 7.00. The highest BCUT2D eigenvalue weighted by molar-refractivity contribution is 7.98. The molecule has 5 heteroatoms. The fraction of sp³-hybridized carbons (Fsp3) is 0.235. The van der Waals surface area contributed by atoms with Gasteiger partial charge in [-0.3, -0.25) is 0 Å². The average molecular weight is 335 g/mol. The molecule has 0 aromatic heterocycles. The number of thioether (sulfide) groups is 1. The van der Waals surface area contributed by atoms with E-state index in [2.05, 4.69) is 23.8 Å². The van der Waals surface area contributed by atoms with E-state index in [1.807, 2.05) is 48.5 Å². The average Bonchev–Trinajstić information content (AvgIpc) is 2.54. The Kier molecular flexibility index (Phi) is 6.16. The van der Waals surface area contributed by atoms with Gasteiger partial charge >= 0.3 is 6.03 Å². The van der Waals surface area contributed by atoms with Crippen molar-refractivity contribution in [2.45, 2.75) is 18.7 Å². The Morgan fingerprint density at radius 1 is 1.14 bits per heavy atom. The molecule has 2 N–H and O–H groups in total. The molecule has 0 aliphatic rings. The van der Waals surface area contributed by atoms with E-state index < -0.39 is 0 Å². The Bertz CT molecular complexity index is 614. The van der Waals surface area contributed by atoms with Crippen molar-refractivity contribution >= 4 is 35.1 Å². The van der Waals surface area contributed by atoms with Crippen molar-refractivity contribution in [2.24, 2.45) is 0 Å². The van der Waals surface area contributed by atoms with Gasteiger partial charge in [-0.1, -0.05) is 35.9 Å². The second-order valence-corrected chi connectivity index (χ2v) is 6.55. The highest BCUT2D eigenvalue weighted by atomic mass is 35.5. The van der Waals surface area contributed by atoms with Crippen molar-refractivity contribution in [1.29, 1.82) is 0 Å². The van der Waals surface area contributed by atoms with Crippen LogP contribution in [0.3, 0.4) is 0 Å². The Morgan fingerprint density at radius 2 is 1.77 bits per heavy atom. The highest BCUT2D eigenvalue weighted by Crippen LogP contribution is 2.26. The van der Waals surface area contributed by atoms with Crippen molar-refractivity contribution in [2.75, 3.05) is 11.6 Å². The summed E-state index contributed by atoms with van der Waals surface area (Å²) in [4.78, 5) is 11.9. The number of urea groups is 1. The van der Waals surface area contributed by atoms with Gasteiger partial charge in [-0.25, -0.2) is 4.79 Å². The zero-order valence-corrected chi connectivity index (χ0v) is 14.2. The molecule has 2 aromatic rings. The van der Waals surface area contributed by atoms with Crippen LogP contribution in [-0.4, -0.2) is 12.3 Å². The van der Waals surface area contributed by atoms with E-state index in [4.69, 9.17) is 11.6 Å². The summed E-state index contributed by atoms with van der Waals surface area (Å²) in [5.41, 5.74) is 3.04. The number of amides is 2. The summed E-state index contributed by atoms with van der Waals surface area (Å²) in [5, 5.41) is 6.78. The summed E-state index contributed by atoms with van der Waals surface area (Å²) >= 11 is 7.62. The molecule has 0 saturated carbocycles. The number of hydrogen-bond donors (Lipinski definition) is 2. The molecule has 0 radical (unpaired) electrons. The maximum absolute atomic E-state index is 11.9. The topological polar surface area (TPSA) is 41.1 Å². The molecule has 22 heavy (non-hydrogen) atoms. The van der Waals surface area contributed by atoms with Crippen LogP contribution in [0.25, 0.3) is 0 Å². The third-order valence-corrected chi connectivity index (χ3v) is 4.59. The van der Waals surface area contributed by atoms with E-state index in [1.165, 1.54) is 5.56 Å². The summed E-state index contributed by atoms with van der Waals surface area (Å²) in [7, 11) is 0. The lowest BCUT2D eigenvalue weighted by Gasteiger charge is -2.11. The van der Waals surface area contributed by atoms with Gasteiger partial charge in [-0.05, 0) is 48.6 Å². The Labute approximate surface area is 140 Å². The van der Waals surface area contributed by atoms with Crippen LogP contribution >= 0.6 is 23.4 Å². The molecule has 116 valence electrons. The van der Waals surface area contributed by atoms with Crippen LogP contribution in [-0.2, 0) is 6.54 Å². The van der Waals surface area contributed by atoms with Crippen molar-refractivity contribution in [1.82, 2.24) is 5.32 Å². The van der Waals surface area contributed by atoms with E-state index in [0.717, 1.165) is 11.3 Å². The molecule has 0 spiro atoms. The SMILES string of the molecule is CSC(C)c1ccc(NC(=O)NCc2ccc(Cl)cc2)cc1. The largest absolute Gasteiger partial charge is 0.334 e. The van der Waals surface area contributed by atoms with Gasteiger partial charge in [0.25, 0.3) is 0 Å². The molecule has 0 saturated heterocycles. The lowest BCUT2D eigenvalue weighted by molar-refractivity contribution is 0.251. The van der Waals surface area contributed by atoms with Crippen molar-refractivity contribution in [3.05, 3.63) is 64.7 Å². The number of rotatable bonds is 5. The summed E-state index contributed by atoms with van der Waals surface area (Å²) in [6.07, 6.45) is 2.08. The zero-order valence-electron chi connectivity index (χ0n) is 12.6. The first-order valence-corrected chi connectivity index (χ1v) is 8.67. The van der Waals surface area contributed by atoms with E-state index in [9.17, 15) is 4.79 Å². The van der Waals surface area contributed by atoms with Crippen molar-refractivity contribution < 1.29 is 4.79 Å². The highest BCUT2D eigenvalue weighted by Gasteiger charge is 2.05. The Morgan fingerprint density at radius 3 is 2.36 bits per heavy atom. The summed E-state index contributed by atoms with van der Waals surface area (Å²) in [6, 6.07) is 15.1. The fourth-order valence-electron chi connectivity index (χ4n) is 1.93. The van der Waals surface area contributed by atoms with Gasteiger partial charge in [-0.15, -0.1) is 0 Å². The quantitative estimate of drug-likeness (QED) is 0.800. The molecule has 2 aromatic carbocycles. The first-order chi connectivity index (χ1) is 10.6. The van der Waals surface area contributed by atoms with Gasteiger partial charge in [0.2, 0.25) is 0 Å². The Balaban J connectivity index is 1.85. The van der Waals surface area contributed by atoms with Crippen LogP contribution < -0.4 is 10.6 Å². The van der Waals surface area contributed by atoms with Crippen molar-refractivity contribution in [3.8, 4) is 0 Å². The Hall–Kier alpha value is -1.65. The molecule has 2 amide bonds. The van der Waals surface area contributed by atoms with E-state index in [-0.39, 0.29) is 6.03 Å². The van der Waals surface area contributed by atoms with E-state index in [1.54, 1.807) is 11.8 Å². The van der Waals surface area contributed by atoms with Crippen LogP contribution in [0.5, 0.6) is 0 Å². The lowest BCUT2D eigenvalue weighted by atomic mass is 10.1. The van der Waals surface area contributed by atoms with Gasteiger partial charge in [0.05, 0.1) is 0 Å². The maximum Gasteiger partial charge on any atom is 0.319 e. The predicted octanol–water partition coefficient (Wildman–Crippen LogP) is 5.09. The van der Waals surface area contributed by atoms with E-state index in [0.29, 0.717) is 16.8 Å². The summed E-state index contributed by atoms with van der Waals surface area (Å²) in [5.74, 6) is 0. The van der Waals surface area contributed by atoms with Crippen LogP contribution in [0.1, 0.15) is 23.3 Å². The second-order valence-electron chi connectivity index (χ2n) is 4.93. The van der Waals surface area contributed by atoms with Crippen LogP contribution in [0.4, 0.5) is 10.5 Å². The van der Waals surface area contributed by atoms with Crippen LogP contribution in [0, 0.1) is 0 Å². The second kappa shape index (κ2) is 8.11. The number of anilines is 1. The number of benzene rings is 2.